The maximum Gasteiger partial charge on any atom is 0.416 e. The molecule has 1 heterocycles. The van der Waals surface area contributed by atoms with Crippen molar-refractivity contribution in [2.75, 3.05) is 7.11 Å². The average molecular weight is 311 g/mol. The van der Waals surface area contributed by atoms with Gasteiger partial charge in [-0.3, -0.25) is 0 Å². The molecule has 0 amide bonds. The van der Waals surface area contributed by atoms with Gasteiger partial charge in [-0.25, -0.2) is 4.68 Å². The quantitative estimate of drug-likeness (QED) is 0.814. The molecule has 0 saturated carbocycles. The minimum absolute atomic E-state index is 0. The number of nitrogens with zero attached hydrogens (tertiary/aromatic N) is 2. The summed E-state index contributed by atoms with van der Waals surface area (Å²) >= 11 is 0. The monoisotopic (exact) mass is 311 g/mol. The number of ether oxygens (including phenoxy) is 2. The summed E-state index contributed by atoms with van der Waals surface area (Å²) in [5, 5.41) is 4.50. The summed E-state index contributed by atoms with van der Waals surface area (Å²) in [7, 11) is 1.48. The molecule has 0 bridgehead atoms. The van der Waals surface area contributed by atoms with Crippen molar-refractivity contribution in [3.05, 3.63) is 23.8 Å². The minimum Gasteiger partial charge on any atom is -0.475 e. The fourth-order valence-corrected chi connectivity index (χ4v) is 1.84. The van der Waals surface area contributed by atoms with Gasteiger partial charge in [0.1, 0.15) is 6.73 Å². The zero-order chi connectivity index (χ0) is 14.9. The van der Waals surface area contributed by atoms with Crippen molar-refractivity contribution in [1.82, 2.24) is 9.78 Å². The van der Waals surface area contributed by atoms with E-state index < -0.39 is 11.7 Å². The predicted octanol–water partition coefficient (Wildman–Crippen LogP) is 3.07. The molecule has 8 heteroatoms. The molecule has 1 aromatic carbocycles. The van der Waals surface area contributed by atoms with Crippen LogP contribution in [0, 0.1) is 0 Å². The second kappa shape index (κ2) is 7.00. The standard InChI is InChI=1S/C13H15F3N2O2.Na/c1-8(2)20-12-10-6-9(13(14,15)16)4-5-11(10)17-18(12)7-19-3;/h4-6,8H,7H2,1-3H3;. The van der Waals surface area contributed by atoms with Gasteiger partial charge in [-0.05, 0) is 32.0 Å². The maximum atomic E-state index is 12.8. The topological polar surface area (TPSA) is 36.3 Å². The van der Waals surface area contributed by atoms with E-state index in [4.69, 9.17) is 9.47 Å². The fraction of sp³-hybridized carbons (Fsp3) is 0.462. The van der Waals surface area contributed by atoms with Crippen LogP contribution in [0.4, 0.5) is 13.2 Å². The van der Waals surface area contributed by atoms with Crippen molar-refractivity contribution in [1.29, 1.82) is 0 Å². The second-order valence-corrected chi connectivity index (χ2v) is 4.62. The summed E-state index contributed by atoms with van der Waals surface area (Å²) in [6.07, 6.45) is -4.58. The Kier molecular flexibility index (Phi) is 6.10. The number of alkyl halides is 3. The molecule has 111 valence electrons. The molecule has 0 fully saturated rings. The van der Waals surface area contributed by atoms with Crippen molar-refractivity contribution in [3.8, 4) is 5.88 Å². The fourth-order valence-electron chi connectivity index (χ4n) is 1.84. The zero-order valence-electron chi connectivity index (χ0n) is 12.4. The summed E-state index contributed by atoms with van der Waals surface area (Å²) in [6, 6.07) is 3.38. The van der Waals surface area contributed by atoms with E-state index in [-0.39, 0.29) is 48.3 Å². The van der Waals surface area contributed by atoms with Crippen LogP contribution in [0.3, 0.4) is 0 Å². The first kappa shape index (κ1) is 18.3. The normalized spacial score (nSPS) is 11.8. The molecular formula is C13H15F3N2NaO2. The summed E-state index contributed by atoms with van der Waals surface area (Å²) in [5.41, 5.74) is -0.290. The van der Waals surface area contributed by atoms with Gasteiger partial charge in [0.05, 0.1) is 22.6 Å². The first-order chi connectivity index (χ1) is 9.32. The summed E-state index contributed by atoms with van der Waals surface area (Å²) in [4.78, 5) is 0. The Morgan fingerprint density at radius 3 is 2.48 bits per heavy atom. The van der Waals surface area contributed by atoms with Crippen molar-refractivity contribution >= 4 is 40.5 Å². The van der Waals surface area contributed by atoms with E-state index in [2.05, 4.69) is 5.10 Å². The van der Waals surface area contributed by atoms with Crippen LogP contribution in [0.1, 0.15) is 19.4 Å². The number of aromatic nitrogens is 2. The molecule has 4 nitrogen and oxygen atoms in total. The van der Waals surface area contributed by atoms with Gasteiger partial charge >= 0.3 is 6.18 Å². The van der Waals surface area contributed by atoms with Crippen LogP contribution in [0.2, 0.25) is 0 Å². The van der Waals surface area contributed by atoms with Gasteiger partial charge in [-0.1, -0.05) is 0 Å². The van der Waals surface area contributed by atoms with E-state index in [1.165, 1.54) is 17.9 Å². The van der Waals surface area contributed by atoms with Gasteiger partial charge in [-0.2, -0.15) is 18.3 Å². The Morgan fingerprint density at radius 2 is 1.95 bits per heavy atom. The van der Waals surface area contributed by atoms with Gasteiger partial charge < -0.3 is 9.47 Å². The Hall–Kier alpha value is -0.760. The molecule has 21 heavy (non-hydrogen) atoms. The summed E-state index contributed by atoms with van der Waals surface area (Å²) in [5.74, 6) is 0.281. The summed E-state index contributed by atoms with van der Waals surface area (Å²) < 4.78 is 50.3. The van der Waals surface area contributed by atoms with Crippen LogP contribution in [-0.2, 0) is 17.6 Å². The molecule has 1 radical (unpaired) electrons. The smallest absolute Gasteiger partial charge is 0.416 e. The third-order valence-electron chi connectivity index (χ3n) is 2.62. The molecule has 0 aliphatic carbocycles. The van der Waals surface area contributed by atoms with E-state index in [1.807, 2.05) is 0 Å². The summed E-state index contributed by atoms with van der Waals surface area (Å²) in [6.45, 7) is 3.70. The van der Waals surface area contributed by atoms with Gasteiger partial charge in [-0.15, -0.1) is 0 Å². The third-order valence-corrected chi connectivity index (χ3v) is 2.62. The van der Waals surface area contributed by atoms with Gasteiger partial charge in [0, 0.05) is 36.7 Å². The molecule has 0 saturated heterocycles. The first-order valence-electron chi connectivity index (χ1n) is 6.06. The van der Waals surface area contributed by atoms with E-state index in [0.29, 0.717) is 10.9 Å². The Labute approximate surface area is 142 Å². The molecule has 2 aromatic rings. The number of methoxy groups -OCH3 is 1. The van der Waals surface area contributed by atoms with Gasteiger partial charge in [0.25, 0.3) is 0 Å². The van der Waals surface area contributed by atoms with Crippen LogP contribution in [0.25, 0.3) is 10.9 Å². The van der Waals surface area contributed by atoms with Gasteiger partial charge in [0.15, 0.2) is 0 Å². The van der Waals surface area contributed by atoms with Crippen LogP contribution < -0.4 is 4.74 Å². The Balaban J connectivity index is 0.00000220. The molecule has 0 spiro atoms. The van der Waals surface area contributed by atoms with Crippen LogP contribution in [-0.4, -0.2) is 52.6 Å². The molecule has 0 atom stereocenters. The average Bonchev–Trinajstić information content (AvgIpc) is 2.66. The van der Waals surface area contributed by atoms with Crippen molar-refractivity contribution in [3.63, 3.8) is 0 Å². The minimum atomic E-state index is -4.40. The van der Waals surface area contributed by atoms with Crippen LogP contribution in [0.5, 0.6) is 5.88 Å². The number of hydrogen-bond acceptors (Lipinski definition) is 3. The molecule has 0 N–H and O–H groups in total. The van der Waals surface area contributed by atoms with Crippen LogP contribution >= 0.6 is 0 Å². The number of rotatable bonds is 4. The van der Waals surface area contributed by atoms with E-state index in [0.717, 1.165) is 12.1 Å². The Morgan fingerprint density at radius 1 is 1.29 bits per heavy atom. The molecule has 0 aliphatic rings. The van der Waals surface area contributed by atoms with Crippen LogP contribution in [0.15, 0.2) is 18.2 Å². The number of hydrogen-bond donors (Lipinski definition) is 0. The van der Waals surface area contributed by atoms with Gasteiger partial charge in [0.2, 0.25) is 5.88 Å². The predicted molar refractivity (Wildman–Crippen MR) is 73.3 cm³/mol. The third kappa shape index (κ3) is 4.12. The van der Waals surface area contributed by atoms with Crippen molar-refractivity contribution in [2.45, 2.75) is 32.9 Å². The largest absolute Gasteiger partial charge is 0.475 e. The molecule has 0 aliphatic heterocycles. The van der Waals surface area contributed by atoms with E-state index in [9.17, 15) is 13.2 Å². The van der Waals surface area contributed by atoms with Crippen molar-refractivity contribution < 1.29 is 22.6 Å². The second-order valence-electron chi connectivity index (χ2n) is 4.62. The first-order valence-corrected chi connectivity index (χ1v) is 6.06. The Bertz CT molecular complexity index is 611. The molecular weight excluding hydrogens is 296 g/mol. The maximum absolute atomic E-state index is 12.8. The SMILES string of the molecule is COCn1nc2ccc(C(F)(F)F)cc2c1OC(C)C.[Na]. The zero-order valence-corrected chi connectivity index (χ0v) is 14.4. The molecule has 2 rings (SSSR count). The number of fused-ring (bicyclic) bond motifs is 1. The van der Waals surface area contributed by atoms with E-state index >= 15 is 0 Å². The number of halogens is 3. The molecule has 1 aromatic heterocycles. The number of benzene rings is 1. The van der Waals surface area contributed by atoms with Crippen molar-refractivity contribution in [2.24, 2.45) is 0 Å². The van der Waals surface area contributed by atoms with E-state index in [1.54, 1.807) is 13.8 Å². The molecule has 0 unspecified atom stereocenters.